The van der Waals surface area contributed by atoms with Crippen LogP contribution in [0.25, 0.3) is 0 Å². The maximum Gasteiger partial charge on any atom is 0.243 e. The number of sulfonamides is 1. The van der Waals surface area contributed by atoms with Gasteiger partial charge in [-0.05, 0) is 61.1 Å². The topological polar surface area (TPSA) is 66.5 Å². The number of benzene rings is 2. The Kier molecular flexibility index (Phi) is 6.29. The first-order chi connectivity index (χ1) is 13.0. The quantitative estimate of drug-likeness (QED) is 0.791. The average molecular weight is 387 g/mol. The van der Waals surface area contributed by atoms with Crippen molar-refractivity contribution in [3.63, 3.8) is 0 Å². The number of anilines is 1. The maximum absolute atomic E-state index is 12.5. The van der Waals surface area contributed by atoms with Crippen molar-refractivity contribution in [2.45, 2.75) is 43.9 Å². The van der Waals surface area contributed by atoms with Gasteiger partial charge in [0.05, 0.1) is 4.90 Å². The summed E-state index contributed by atoms with van der Waals surface area (Å²) < 4.78 is 26.6. The summed E-state index contributed by atoms with van der Waals surface area (Å²) in [7, 11) is -3.38. The number of aryl methyl sites for hydroxylation is 2. The van der Waals surface area contributed by atoms with Gasteiger partial charge in [-0.1, -0.05) is 31.2 Å². The summed E-state index contributed by atoms with van der Waals surface area (Å²) in [6, 6.07) is 14.7. The Morgan fingerprint density at radius 1 is 1.04 bits per heavy atom. The van der Waals surface area contributed by atoms with Crippen LogP contribution in [0.1, 0.15) is 37.3 Å². The van der Waals surface area contributed by atoms with Gasteiger partial charge in [0.15, 0.2) is 0 Å². The zero-order valence-electron chi connectivity index (χ0n) is 15.6. The van der Waals surface area contributed by atoms with E-state index in [-0.39, 0.29) is 5.91 Å². The zero-order chi connectivity index (χ0) is 19.3. The lowest BCUT2D eigenvalue weighted by molar-refractivity contribution is -0.116. The van der Waals surface area contributed by atoms with Gasteiger partial charge in [-0.2, -0.15) is 4.31 Å². The zero-order valence-corrected chi connectivity index (χ0v) is 16.5. The molecule has 0 bridgehead atoms. The fourth-order valence-electron chi connectivity index (χ4n) is 3.26. The lowest BCUT2D eigenvalue weighted by atomic mass is 10.1. The highest BCUT2D eigenvalue weighted by molar-refractivity contribution is 7.89. The molecule has 1 amide bonds. The molecule has 1 aliphatic heterocycles. The number of nitrogens with one attached hydrogen (secondary N) is 1. The van der Waals surface area contributed by atoms with Crippen molar-refractivity contribution in [3.05, 3.63) is 59.7 Å². The van der Waals surface area contributed by atoms with E-state index in [2.05, 4.69) is 12.2 Å². The number of amides is 1. The summed E-state index contributed by atoms with van der Waals surface area (Å²) in [4.78, 5) is 12.5. The number of rotatable bonds is 7. The highest BCUT2D eigenvalue weighted by Crippen LogP contribution is 2.21. The molecule has 0 spiro atoms. The largest absolute Gasteiger partial charge is 0.326 e. The Bertz CT molecular complexity index is 886. The highest BCUT2D eigenvalue weighted by Gasteiger charge is 2.26. The van der Waals surface area contributed by atoms with Crippen LogP contribution in [0.5, 0.6) is 0 Å². The summed E-state index contributed by atoms with van der Waals surface area (Å²) in [5, 5.41) is 2.92. The first kappa shape index (κ1) is 19.6. The average Bonchev–Trinajstić information content (AvgIpc) is 3.22. The molecule has 6 heteroatoms. The van der Waals surface area contributed by atoms with Crippen LogP contribution in [0, 0.1) is 0 Å². The molecule has 0 unspecified atom stereocenters. The minimum absolute atomic E-state index is 0.0444. The van der Waals surface area contributed by atoms with Crippen LogP contribution in [0.15, 0.2) is 53.4 Å². The number of carbonyl (C=O) groups excluding carboxylic acids is 1. The Morgan fingerprint density at radius 3 is 2.41 bits per heavy atom. The lowest BCUT2D eigenvalue weighted by Gasteiger charge is -2.15. The molecule has 3 rings (SSSR count). The van der Waals surface area contributed by atoms with Crippen LogP contribution in [0.4, 0.5) is 5.69 Å². The number of hydrogen-bond acceptors (Lipinski definition) is 3. The molecule has 5 nitrogen and oxygen atoms in total. The van der Waals surface area contributed by atoms with E-state index in [0.29, 0.717) is 30.8 Å². The van der Waals surface area contributed by atoms with Gasteiger partial charge >= 0.3 is 0 Å². The van der Waals surface area contributed by atoms with Crippen LogP contribution < -0.4 is 5.32 Å². The monoisotopic (exact) mass is 386 g/mol. The molecule has 144 valence electrons. The third-order valence-corrected chi connectivity index (χ3v) is 6.80. The van der Waals surface area contributed by atoms with Gasteiger partial charge in [0, 0.05) is 25.2 Å². The lowest BCUT2D eigenvalue weighted by Crippen LogP contribution is -2.27. The van der Waals surface area contributed by atoms with Crippen molar-refractivity contribution < 1.29 is 13.2 Å². The third kappa shape index (κ3) is 4.96. The van der Waals surface area contributed by atoms with Crippen molar-refractivity contribution >= 4 is 21.6 Å². The molecule has 2 aromatic carbocycles. The second-order valence-corrected chi connectivity index (χ2v) is 8.80. The van der Waals surface area contributed by atoms with Crippen molar-refractivity contribution in [3.8, 4) is 0 Å². The summed E-state index contributed by atoms with van der Waals surface area (Å²) in [6.07, 6.45) is 3.70. The number of carbonyl (C=O) groups is 1. The van der Waals surface area contributed by atoms with Gasteiger partial charge in [-0.3, -0.25) is 4.79 Å². The van der Waals surface area contributed by atoms with Crippen molar-refractivity contribution in [1.29, 1.82) is 0 Å². The minimum Gasteiger partial charge on any atom is -0.326 e. The standard InChI is InChI=1S/C21H26N2O3S/c1-2-17-6-5-7-19(16-17)22-21(24)13-10-18-8-11-20(12-9-18)27(25,26)23-14-3-4-15-23/h5-9,11-12,16H,2-4,10,13-15H2,1H3,(H,22,24). The van der Waals surface area contributed by atoms with Gasteiger partial charge in [-0.25, -0.2) is 8.42 Å². The molecule has 0 aliphatic carbocycles. The molecule has 0 saturated carbocycles. The van der Waals surface area contributed by atoms with E-state index in [4.69, 9.17) is 0 Å². The summed E-state index contributed by atoms with van der Waals surface area (Å²) >= 11 is 0. The second kappa shape index (κ2) is 8.67. The molecule has 1 saturated heterocycles. The normalized spacial score (nSPS) is 15.0. The maximum atomic E-state index is 12.5. The molecular weight excluding hydrogens is 360 g/mol. The molecule has 0 aromatic heterocycles. The minimum atomic E-state index is -3.38. The number of nitrogens with zero attached hydrogens (tertiary/aromatic N) is 1. The number of hydrogen-bond donors (Lipinski definition) is 1. The van der Waals surface area contributed by atoms with Crippen LogP contribution in [0.2, 0.25) is 0 Å². The second-order valence-electron chi connectivity index (χ2n) is 6.86. The summed E-state index contributed by atoms with van der Waals surface area (Å²) in [6.45, 7) is 3.28. The molecule has 27 heavy (non-hydrogen) atoms. The highest BCUT2D eigenvalue weighted by atomic mass is 32.2. The van der Waals surface area contributed by atoms with Gasteiger partial charge in [-0.15, -0.1) is 0 Å². The van der Waals surface area contributed by atoms with Gasteiger partial charge < -0.3 is 5.32 Å². The van der Waals surface area contributed by atoms with Crippen molar-refractivity contribution in [2.75, 3.05) is 18.4 Å². The Balaban J connectivity index is 1.56. The SMILES string of the molecule is CCc1cccc(NC(=O)CCc2ccc(S(=O)(=O)N3CCCC3)cc2)c1. The summed E-state index contributed by atoms with van der Waals surface area (Å²) in [5.74, 6) is -0.0444. The fourth-order valence-corrected chi connectivity index (χ4v) is 4.77. The Hall–Kier alpha value is -2.18. The van der Waals surface area contributed by atoms with E-state index < -0.39 is 10.0 Å². The van der Waals surface area contributed by atoms with Gasteiger partial charge in [0.25, 0.3) is 0 Å². The van der Waals surface area contributed by atoms with E-state index in [1.807, 2.05) is 24.3 Å². The van der Waals surface area contributed by atoms with E-state index in [1.165, 1.54) is 5.56 Å². The molecule has 2 aromatic rings. The Labute approximate surface area is 161 Å². The van der Waals surface area contributed by atoms with Crippen LogP contribution >= 0.6 is 0 Å². The van der Waals surface area contributed by atoms with Gasteiger partial charge in [0.2, 0.25) is 15.9 Å². The molecule has 1 aliphatic rings. The fraction of sp³-hybridized carbons (Fsp3) is 0.381. The predicted octanol–water partition coefficient (Wildman–Crippen LogP) is 3.60. The van der Waals surface area contributed by atoms with E-state index in [9.17, 15) is 13.2 Å². The molecule has 1 N–H and O–H groups in total. The third-order valence-electron chi connectivity index (χ3n) is 4.89. The van der Waals surface area contributed by atoms with Crippen molar-refractivity contribution in [2.24, 2.45) is 0 Å². The van der Waals surface area contributed by atoms with E-state index in [1.54, 1.807) is 28.6 Å². The molecule has 1 fully saturated rings. The van der Waals surface area contributed by atoms with Crippen LogP contribution in [-0.2, 0) is 27.7 Å². The van der Waals surface area contributed by atoms with Crippen molar-refractivity contribution in [1.82, 2.24) is 4.31 Å². The molecule has 1 heterocycles. The first-order valence-electron chi connectivity index (χ1n) is 9.47. The van der Waals surface area contributed by atoms with Gasteiger partial charge in [0.1, 0.15) is 0 Å². The predicted molar refractivity (Wildman–Crippen MR) is 107 cm³/mol. The van der Waals surface area contributed by atoms with E-state index in [0.717, 1.165) is 30.5 Å². The first-order valence-corrected chi connectivity index (χ1v) is 10.9. The smallest absolute Gasteiger partial charge is 0.243 e. The molecule has 0 radical (unpaired) electrons. The summed E-state index contributed by atoms with van der Waals surface area (Å²) in [5.41, 5.74) is 2.95. The van der Waals surface area contributed by atoms with E-state index >= 15 is 0 Å². The molecular formula is C21H26N2O3S. The molecule has 0 atom stereocenters. The van der Waals surface area contributed by atoms with Crippen LogP contribution in [-0.4, -0.2) is 31.7 Å². The van der Waals surface area contributed by atoms with Crippen LogP contribution in [0.3, 0.4) is 0 Å². The Morgan fingerprint density at radius 2 is 1.74 bits per heavy atom.